The highest BCUT2D eigenvalue weighted by molar-refractivity contribution is 6.12. The van der Waals surface area contributed by atoms with Crippen LogP contribution in [-0.4, -0.2) is 38.2 Å². The summed E-state index contributed by atoms with van der Waals surface area (Å²) in [6.07, 6.45) is 4.04. The van der Waals surface area contributed by atoms with Gasteiger partial charge in [-0.25, -0.2) is 0 Å². The quantitative estimate of drug-likeness (QED) is 0.510. The fraction of sp³-hybridized carbons (Fsp3) is 0.250. The van der Waals surface area contributed by atoms with E-state index in [2.05, 4.69) is 10.2 Å². The van der Waals surface area contributed by atoms with Crippen LogP contribution in [0.25, 0.3) is 0 Å². The van der Waals surface area contributed by atoms with Crippen LogP contribution in [0.2, 0.25) is 0 Å². The zero-order valence-corrected chi connectivity index (χ0v) is 19.6. The summed E-state index contributed by atoms with van der Waals surface area (Å²) in [4.78, 5) is 41.7. The Morgan fingerprint density at radius 1 is 0.912 bits per heavy atom. The van der Waals surface area contributed by atoms with Gasteiger partial charge >= 0.3 is 0 Å². The van der Waals surface area contributed by atoms with Crippen LogP contribution in [-0.2, 0) is 0 Å². The first-order valence-electron chi connectivity index (χ1n) is 11.6. The summed E-state index contributed by atoms with van der Waals surface area (Å²) >= 11 is 0. The van der Waals surface area contributed by atoms with Gasteiger partial charge in [-0.3, -0.25) is 14.4 Å². The topological polar surface area (TPSA) is 69.7 Å². The molecule has 1 N–H and O–H groups in total. The molecular weight excluding hydrogens is 426 g/mol. The van der Waals surface area contributed by atoms with E-state index in [1.807, 2.05) is 43.3 Å². The van der Waals surface area contributed by atoms with Crippen molar-refractivity contribution in [2.45, 2.75) is 26.2 Å². The minimum Gasteiger partial charge on any atom is -0.371 e. The number of hydrogen-bond donors (Lipinski definition) is 1. The molecule has 0 saturated carbocycles. The van der Waals surface area contributed by atoms with E-state index in [0.29, 0.717) is 28.7 Å². The molecule has 6 heteroatoms. The molecule has 2 amide bonds. The molecule has 3 aromatic rings. The Bertz CT molecular complexity index is 1200. The lowest BCUT2D eigenvalue weighted by Gasteiger charge is -2.31. The summed E-state index contributed by atoms with van der Waals surface area (Å²) in [5, 5.41) is 2.99. The Hall–Kier alpha value is -3.93. The van der Waals surface area contributed by atoms with Crippen molar-refractivity contribution in [3.05, 3.63) is 89.0 Å². The fourth-order valence-electron chi connectivity index (χ4n) is 4.25. The Morgan fingerprint density at radius 3 is 2.32 bits per heavy atom. The number of anilines is 3. The maximum Gasteiger partial charge on any atom is 0.258 e. The second-order valence-electron chi connectivity index (χ2n) is 8.64. The van der Waals surface area contributed by atoms with Crippen LogP contribution in [0.15, 0.2) is 66.7 Å². The standard InChI is InChI=1S/C28H29N3O3/c1-20-10-12-22(13-11-20)29-27(33)25-18-23(14-15-26(25)31-16-6-3-7-17-31)30(2)28(34)24-9-5-4-8-21(24)19-32/h4-5,8-15,18-19H,3,6-7,16-17H2,1-2H3,(H,29,33). The van der Waals surface area contributed by atoms with Crippen molar-refractivity contribution in [3.63, 3.8) is 0 Å². The van der Waals surface area contributed by atoms with Gasteiger partial charge in [-0.1, -0.05) is 35.9 Å². The number of nitrogens with one attached hydrogen (secondary N) is 1. The first kappa shape index (κ1) is 23.2. The van der Waals surface area contributed by atoms with E-state index < -0.39 is 0 Å². The third kappa shape index (κ3) is 5.01. The number of rotatable bonds is 6. The van der Waals surface area contributed by atoms with Gasteiger partial charge in [0.25, 0.3) is 11.8 Å². The number of carbonyl (C=O) groups excluding carboxylic acids is 3. The van der Waals surface area contributed by atoms with Gasteiger partial charge in [-0.15, -0.1) is 0 Å². The van der Waals surface area contributed by atoms with Gasteiger partial charge in [0.1, 0.15) is 0 Å². The van der Waals surface area contributed by atoms with Gasteiger partial charge in [0.2, 0.25) is 0 Å². The van der Waals surface area contributed by atoms with Crippen LogP contribution >= 0.6 is 0 Å². The van der Waals surface area contributed by atoms with Crippen molar-refractivity contribution in [2.24, 2.45) is 0 Å². The molecule has 0 unspecified atom stereocenters. The zero-order chi connectivity index (χ0) is 24.1. The van der Waals surface area contributed by atoms with Gasteiger partial charge in [0.05, 0.1) is 11.1 Å². The molecule has 6 nitrogen and oxygen atoms in total. The summed E-state index contributed by atoms with van der Waals surface area (Å²) < 4.78 is 0. The SMILES string of the molecule is Cc1ccc(NC(=O)c2cc(N(C)C(=O)c3ccccc3C=O)ccc2N2CCCCC2)cc1. The second kappa shape index (κ2) is 10.3. The Kier molecular flexibility index (Phi) is 7.07. The van der Waals surface area contributed by atoms with Crippen LogP contribution in [0.5, 0.6) is 0 Å². The molecule has 1 aliphatic heterocycles. The summed E-state index contributed by atoms with van der Waals surface area (Å²) in [6.45, 7) is 3.79. The summed E-state index contributed by atoms with van der Waals surface area (Å²) in [7, 11) is 1.65. The van der Waals surface area contributed by atoms with E-state index in [4.69, 9.17) is 0 Å². The van der Waals surface area contributed by atoms with Crippen molar-refractivity contribution >= 4 is 35.2 Å². The monoisotopic (exact) mass is 455 g/mol. The molecular formula is C28H29N3O3. The maximum absolute atomic E-state index is 13.4. The van der Waals surface area contributed by atoms with E-state index in [-0.39, 0.29) is 11.8 Å². The van der Waals surface area contributed by atoms with Gasteiger partial charge in [-0.2, -0.15) is 0 Å². The first-order chi connectivity index (χ1) is 16.5. The highest BCUT2D eigenvalue weighted by Crippen LogP contribution is 2.30. The average Bonchev–Trinajstić information content (AvgIpc) is 2.89. The highest BCUT2D eigenvalue weighted by atomic mass is 16.2. The van der Waals surface area contributed by atoms with Crippen LogP contribution in [0.3, 0.4) is 0 Å². The van der Waals surface area contributed by atoms with Gasteiger partial charge in [0, 0.05) is 42.8 Å². The molecule has 0 bridgehead atoms. The summed E-state index contributed by atoms with van der Waals surface area (Å²) in [5.74, 6) is -0.529. The molecule has 1 heterocycles. The van der Waals surface area contributed by atoms with Gasteiger partial charge < -0.3 is 15.1 Å². The normalized spacial score (nSPS) is 13.3. The fourth-order valence-corrected chi connectivity index (χ4v) is 4.25. The molecule has 3 aromatic carbocycles. The predicted octanol–water partition coefficient (Wildman–Crippen LogP) is 5.33. The third-order valence-electron chi connectivity index (χ3n) is 6.24. The van der Waals surface area contributed by atoms with E-state index in [9.17, 15) is 14.4 Å². The molecule has 1 aliphatic rings. The molecule has 34 heavy (non-hydrogen) atoms. The average molecular weight is 456 g/mol. The lowest BCUT2D eigenvalue weighted by molar-refractivity contribution is 0.0984. The second-order valence-corrected chi connectivity index (χ2v) is 8.64. The minimum atomic E-state index is -0.307. The van der Waals surface area contributed by atoms with Crippen molar-refractivity contribution in [2.75, 3.05) is 35.3 Å². The number of carbonyl (C=O) groups is 3. The van der Waals surface area contributed by atoms with Gasteiger partial charge in [-0.05, 0) is 62.6 Å². The van der Waals surface area contributed by atoms with Crippen molar-refractivity contribution in [1.29, 1.82) is 0 Å². The number of piperidine rings is 1. The van der Waals surface area contributed by atoms with Crippen molar-refractivity contribution < 1.29 is 14.4 Å². The predicted molar refractivity (Wildman–Crippen MR) is 136 cm³/mol. The van der Waals surface area contributed by atoms with E-state index in [0.717, 1.165) is 42.9 Å². The zero-order valence-electron chi connectivity index (χ0n) is 19.6. The largest absolute Gasteiger partial charge is 0.371 e. The molecule has 0 spiro atoms. The molecule has 1 saturated heterocycles. The molecule has 0 radical (unpaired) electrons. The van der Waals surface area contributed by atoms with Crippen LogP contribution < -0.4 is 15.1 Å². The Labute approximate surface area is 200 Å². The smallest absolute Gasteiger partial charge is 0.258 e. The van der Waals surface area contributed by atoms with E-state index in [1.165, 1.54) is 11.3 Å². The summed E-state index contributed by atoms with van der Waals surface area (Å²) in [6, 6.07) is 19.9. The molecule has 1 fully saturated rings. The summed E-state index contributed by atoms with van der Waals surface area (Å²) in [5.41, 5.74) is 4.46. The minimum absolute atomic E-state index is 0.222. The molecule has 0 atom stereocenters. The number of aryl methyl sites for hydroxylation is 1. The Balaban J connectivity index is 1.68. The van der Waals surface area contributed by atoms with Crippen molar-refractivity contribution in [1.82, 2.24) is 0 Å². The van der Waals surface area contributed by atoms with Crippen LogP contribution in [0.4, 0.5) is 17.1 Å². The van der Waals surface area contributed by atoms with Crippen molar-refractivity contribution in [3.8, 4) is 0 Å². The molecule has 0 aromatic heterocycles. The maximum atomic E-state index is 13.4. The molecule has 174 valence electrons. The number of benzene rings is 3. The van der Waals surface area contributed by atoms with Gasteiger partial charge in [0.15, 0.2) is 6.29 Å². The van der Waals surface area contributed by atoms with Crippen LogP contribution in [0, 0.1) is 6.92 Å². The lowest BCUT2D eigenvalue weighted by Crippen LogP contribution is -2.32. The lowest BCUT2D eigenvalue weighted by atomic mass is 10.0. The van der Waals surface area contributed by atoms with E-state index in [1.54, 1.807) is 37.4 Å². The number of hydrogen-bond acceptors (Lipinski definition) is 4. The first-order valence-corrected chi connectivity index (χ1v) is 11.6. The highest BCUT2D eigenvalue weighted by Gasteiger charge is 2.23. The third-order valence-corrected chi connectivity index (χ3v) is 6.24. The molecule has 0 aliphatic carbocycles. The number of nitrogens with zero attached hydrogens (tertiary/aromatic N) is 2. The number of aldehydes is 1. The number of amides is 2. The van der Waals surface area contributed by atoms with Crippen LogP contribution in [0.1, 0.15) is 55.9 Å². The Morgan fingerprint density at radius 2 is 1.62 bits per heavy atom. The molecule has 4 rings (SSSR count). The van der Waals surface area contributed by atoms with E-state index >= 15 is 0 Å².